The van der Waals surface area contributed by atoms with Gasteiger partial charge in [0, 0.05) is 37.5 Å². The molecule has 1 amide bonds. The first-order valence-corrected chi connectivity index (χ1v) is 10.5. The van der Waals surface area contributed by atoms with E-state index in [1.54, 1.807) is 37.4 Å². The molecule has 1 saturated heterocycles. The third-order valence-electron chi connectivity index (χ3n) is 4.75. The lowest BCUT2D eigenvalue weighted by molar-refractivity contribution is 0.0730. The van der Waals surface area contributed by atoms with Crippen LogP contribution in [0.15, 0.2) is 47.4 Å². The topological polar surface area (TPSA) is 85.4 Å². The van der Waals surface area contributed by atoms with Crippen molar-refractivity contribution in [1.29, 1.82) is 0 Å². The standard InChI is InChI=1S/C20H24N2O6S/c1-21(16-7-8-18(26-2)19(14-16)27-3)20(23)15-5-4-6-17(13-15)29(24,25)22-9-11-28-12-10-22/h4-8,13-14H,9-12H2,1-3H3. The average molecular weight is 420 g/mol. The zero-order valence-corrected chi connectivity index (χ0v) is 17.4. The summed E-state index contributed by atoms with van der Waals surface area (Å²) < 4.78 is 42.8. The van der Waals surface area contributed by atoms with Crippen LogP contribution in [0.5, 0.6) is 11.5 Å². The summed E-state index contributed by atoms with van der Waals surface area (Å²) in [5, 5.41) is 0. The molecule has 2 aromatic rings. The minimum atomic E-state index is -3.68. The van der Waals surface area contributed by atoms with Gasteiger partial charge >= 0.3 is 0 Å². The zero-order valence-electron chi connectivity index (χ0n) is 16.6. The normalized spacial score (nSPS) is 15.0. The minimum absolute atomic E-state index is 0.0889. The van der Waals surface area contributed by atoms with Gasteiger partial charge in [-0.05, 0) is 30.3 Å². The van der Waals surface area contributed by atoms with Gasteiger partial charge in [-0.25, -0.2) is 8.42 Å². The van der Waals surface area contributed by atoms with Gasteiger partial charge in [-0.1, -0.05) is 6.07 Å². The van der Waals surface area contributed by atoms with E-state index in [1.165, 1.54) is 35.6 Å². The van der Waals surface area contributed by atoms with Crippen molar-refractivity contribution in [1.82, 2.24) is 4.31 Å². The molecule has 1 aliphatic heterocycles. The number of anilines is 1. The molecule has 0 N–H and O–H groups in total. The summed E-state index contributed by atoms with van der Waals surface area (Å²) in [5.74, 6) is 0.709. The first-order chi connectivity index (χ1) is 13.9. The maximum Gasteiger partial charge on any atom is 0.258 e. The van der Waals surface area contributed by atoms with Gasteiger partial charge < -0.3 is 19.1 Å². The monoisotopic (exact) mass is 420 g/mol. The second-order valence-electron chi connectivity index (χ2n) is 6.45. The molecule has 1 fully saturated rings. The summed E-state index contributed by atoms with van der Waals surface area (Å²) in [6.07, 6.45) is 0. The number of ether oxygens (including phenoxy) is 3. The van der Waals surface area contributed by atoms with E-state index in [4.69, 9.17) is 14.2 Å². The SMILES string of the molecule is COc1ccc(N(C)C(=O)c2cccc(S(=O)(=O)N3CCOCC3)c2)cc1OC. The minimum Gasteiger partial charge on any atom is -0.493 e. The van der Waals surface area contributed by atoms with E-state index in [-0.39, 0.29) is 16.4 Å². The smallest absolute Gasteiger partial charge is 0.258 e. The summed E-state index contributed by atoms with van der Waals surface area (Å²) in [7, 11) is 0.988. The van der Waals surface area contributed by atoms with Crippen LogP contribution in [-0.2, 0) is 14.8 Å². The maximum absolute atomic E-state index is 13.0. The molecule has 156 valence electrons. The number of amides is 1. The van der Waals surface area contributed by atoms with Crippen molar-refractivity contribution in [2.24, 2.45) is 0 Å². The molecule has 1 heterocycles. The van der Waals surface area contributed by atoms with Gasteiger partial charge in [0.1, 0.15) is 0 Å². The summed E-state index contributed by atoms with van der Waals surface area (Å²) in [6, 6.07) is 11.2. The van der Waals surface area contributed by atoms with Gasteiger partial charge in [0.25, 0.3) is 5.91 Å². The fraction of sp³-hybridized carbons (Fsp3) is 0.350. The number of carbonyl (C=O) groups is 1. The molecule has 0 saturated carbocycles. The number of hydrogen-bond donors (Lipinski definition) is 0. The molecular formula is C20H24N2O6S. The predicted octanol–water partition coefficient (Wildman–Crippen LogP) is 2.00. The molecule has 3 rings (SSSR count). The lowest BCUT2D eigenvalue weighted by Crippen LogP contribution is -2.40. The Morgan fingerprint density at radius 3 is 2.38 bits per heavy atom. The van der Waals surface area contributed by atoms with Crippen molar-refractivity contribution < 1.29 is 27.4 Å². The lowest BCUT2D eigenvalue weighted by atomic mass is 10.2. The van der Waals surface area contributed by atoms with Crippen LogP contribution in [0.3, 0.4) is 0 Å². The van der Waals surface area contributed by atoms with E-state index in [0.29, 0.717) is 43.5 Å². The Kier molecular flexibility index (Phi) is 6.41. The number of morpholine rings is 1. The second-order valence-corrected chi connectivity index (χ2v) is 8.39. The second kappa shape index (κ2) is 8.81. The molecule has 29 heavy (non-hydrogen) atoms. The van der Waals surface area contributed by atoms with Crippen molar-refractivity contribution in [2.45, 2.75) is 4.90 Å². The highest BCUT2D eigenvalue weighted by Crippen LogP contribution is 2.31. The first kappa shape index (κ1) is 21.1. The highest BCUT2D eigenvalue weighted by atomic mass is 32.2. The molecule has 0 aromatic heterocycles. The van der Waals surface area contributed by atoms with E-state index >= 15 is 0 Å². The van der Waals surface area contributed by atoms with Crippen LogP contribution in [0.2, 0.25) is 0 Å². The molecule has 0 atom stereocenters. The third-order valence-corrected chi connectivity index (χ3v) is 6.64. The quantitative estimate of drug-likeness (QED) is 0.711. The van der Waals surface area contributed by atoms with E-state index in [2.05, 4.69) is 0 Å². The number of hydrogen-bond acceptors (Lipinski definition) is 6. The van der Waals surface area contributed by atoms with E-state index in [1.807, 2.05) is 0 Å². The van der Waals surface area contributed by atoms with Crippen LogP contribution in [-0.4, -0.2) is 66.2 Å². The molecule has 0 aliphatic carbocycles. The number of sulfonamides is 1. The van der Waals surface area contributed by atoms with Crippen LogP contribution >= 0.6 is 0 Å². The van der Waals surface area contributed by atoms with Crippen molar-refractivity contribution >= 4 is 21.6 Å². The van der Waals surface area contributed by atoms with Gasteiger partial charge in [0.2, 0.25) is 10.0 Å². The van der Waals surface area contributed by atoms with E-state index < -0.39 is 10.0 Å². The number of benzene rings is 2. The Morgan fingerprint density at radius 1 is 1.03 bits per heavy atom. The van der Waals surface area contributed by atoms with Crippen molar-refractivity contribution in [2.75, 3.05) is 52.5 Å². The van der Waals surface area contributed by atoms with Crippen LogP contribution in [0.1, 0.15) is 10.4 Å². The number of methoxy groups -OCH3 is 2. The van der Waals surface area contributed by atoms with Crippen LogP contribution in [0.4, 0.5) is 5.69 Å². The molecule has 1 aliphatic rings. The molecule has 2 aromatic carbocycles. The highest BCUT2D eigenvalue weighted by Gasteiger charge is 2.27. The summed E-state index contributed by atoms with van der Waals surface area (Å²) >= 11 is 0. The van der Waals surface area contributed by atoms with Gasteiger partial charge in [0.05, 0.1) is 32.3 Å². The third kappa shape index (κ3) is 4.36. The summed E-state index contributed by atoms with van der Waals surface area (Å²) in [6.45, 7) is 1.32. The van der Waals surface area contributed by atoms with Gasteiger partial charge in [0.15, 0.2) is 11.5 Å². The van der Waals surface area contributed by atoms with Crippen LogP contribution in [0.25, 0.3) is 0 Å². The molecule has 0 bridgehead atoms. The van der Waals surface area contributed by atoms with E-state index in [9.17, 15) is 13.2 Å². The Labute approximate surface area is 170 Å². The average Bonchev–Trinajstić information content (AvgIpc) is 2.78. The molecule has 0 spiro atoms. The Bertz CT molecular complexity index is 986. The molecule has 0 unspecified atom stereocenters. The maximum atomic E-state index is 13.0. The van der Waals surface area contributed by atoms with Crippen molar-refractivity contribution in [3.05, 3.63) is 48.0 Å². The van der Waals surface area contributed by atoms with Crippen molar-refractivity contribution in [3.8, 4) is 11.5 Å². The van der Waals surface area contributed by atoms with Crippen LogP contribution in [0, 0.1) is 0 Å². The van der Waals surface area contributed by atoms with E-state index in [0.717, 1.165) is 0 Å². The molecular weight excluding hydrogens is 396 g/mol. The largest absolute Gasteiger partial charge is 0.493 e. The number of rotatable bonds is 6. The fourth-order valence-electron chi connectivity index (χ4n) is 3.07. The van der Waals surface area contributed by atoms with Gasteiger partial charge in [-0.15, -0.1) is 0 Å². The molecule has 8 nitrogen and oxygen atoms in total. The highest BCUT2D eigenvalue weighted by molar-refractivity contribution is 7.89. The Morgan fingerprint density at radius 2 is 1.72 bits per heavy atom. The molecule has 0 radical (unpaired) electrons. The number of nitrogens with zero attached hydrogens (tertiary/aromatic N) is 2. The first-order valence-electron chi connectivity index (χ1n) is 9.06. The van der Waals surface area contributed by atoms with Gasteiger partial charge in [-0.2, -0.15) is 4.31 Å². The summed E-state index contributed by atoms with van der Waals surface area (Å²) in [5.41, 5.74) is 0.866. The summed E-state index contributed by atoms with van der Waals surface area (Å²) in [4.78, 5) is 14.5. The molecule has 9 heteroatoms. The zero-order chi connectivity index (χ0) is 21.0. The van der Waals surface area contributed by atoms with Gasteiger partial charge in [-0.3, -0.25) is 4.79 Å². The number of carbonyl (C=O) groups excluding carboxylic acids is 1. The van der Waals surface area contributed by atoms with Crippen LogP contribution < -0.4 is 14.4 Å². The predicted molar refractivity (Wildman–Crippen MR) is 108 cm³/mol. The lowest BCUT2D eigenvalue weighted by Gasteiger charge is -2.26. The van der Waals surface area contributed by atoms with Crippen molar-refractivity contribution in [3.63, 3.8) is 0 Å². The Hall–Kier alpha value is -2.62. The Balaban J connectivity index is 1.87. The fourth-order valence-corrected chi connectivity index (χ4v) is 4.52.